The lowest BCUT2D eigenvalue weighted by Gasteiger charge is -2.11. The van der Waals surface area contributed by atoms with Gasteiger partial charge < -0.3 is 20.1 Å². The van der Waals surface area contributed by atoms with Gasteiger partial charge in [0, 0.05) is 17.5 Å². The summed E-state index contributed by atoms with van der Waals surface area (Å²) in [4.78, 5) is 24.4. The van der Waals surface area contributed by atoms with E-state index in [1.165, 1.54) is 13.2 Å². The van der Waals surface area contributed by atoms with Crippen molar-refractivity contribution in [3.05, 3.63) is 90.0 Å². The molecule has 0 unspecified atom stereocenters. The quantitative estimate of drug-likeness (QED) is 0.523. The molecule has 2 N–H and O–H groups in total. The summed E-state index contributed by atoms with van der Waals surface area (Å²) in [6, 6.07) is 21.9. The molecule has 0 aromatic heterocycles. The summed E-state index contributed by atoms with van der Waals surface area (Å²) < 4.78 is 10.7. The van der Waals surface area contributed by atoms with Crippen molar-refractivity contribution in [1.82, 2.24) is 0 Å². The predicted molar refractivity (Wildman–Crippen MR) is 122 cm³/mol. The fraction of sp³-hybridized carbons (Fsp3) is 0.120. The number of amides is 2. The molecule has 0 heterocycles. The van der Waals surface area contributed by atoms with Crippen molar-refractivity contribution in [2.75, 3.05) is 24.4 Å². The minimum Gasteiger partial charge on any atom is -0.493 e. The number of para-hydroxylation sites is 2. The number of benzene rings is 3. The van der Waals surface area contributed by atoms with Crippen LogP contribution in [0.15, 0.2) is 78.9 Å². The van der Waals surface area contributed by atoms with E-state index in [0.29, 0.717) is 22.9 Å². The Morgan fingerprint density at radius 1 is 0.871 bits per heavy atom. The lowest BCUT2D eigenvalue weighted by atomic mass is 10.1. The maximum Gasteiger partial charge on any atom is 0.262 e. The van der Waals surface area contributed by atoms with Crippen molar-refractivity contribution in [1.29, 1.82) is 0 Å². The number of aryl methyl sites for hydroxylation is 1. The lowest BCUT2D eigenvalue weighted by Crippen LogP contribution is -2.20. The third-order valence-corrected chi connectivity index (χ3v) is 4.35. The van der Waals surface area contributed by atoms with Gasteiger partial charge in [-0.3, -0.25) is 9.59 Å². The highest BCUT2D eigenvalue weighted by Crippen LogP contribution is 2.25. The Bertz CT molecular complexity index is 1070. The molecule has 0 atom stereocenters. The molecule has 0 fully saturated rings. The van der Waals surface area contributed by atoms with Crippen LogP contribution in [0, 0.1) is 6.92 Å². The first-order valence-electron chi connectivity index (χ1n) is 9.75. The SMILES string of the molecule is COc1ccccc1OCC(=O)Nc1cccc(NC(=O)/C=C/c2ccc(C)cc2)c1. The van der Waals surface area contributed by atoms with E-state index in [1.54, 1.807) is 48.5 Å². The number of nitrogens with one attached hydrogen (secondary N) is 2. The second-order valence-corrected chi connectivity index (χ2v) is 6.80. The molecular formula is C25H24N2O4. The maximum absolute atomic E-state index is 12.2. The number of hydrogen-bond donors (Lipinski definition) is 2. The average Bonchev–Trinajstić information content (AvgIpc) is 2.78. The van der Waals surface area contributed by atoms with Gasteiger partial charge >= 0.3 is 0 Å². The first-order valence-corrected chi connectivity index (χ1v) is 9.75. The summed E-state index contributed by atoms with van der Waals surface area (Å²) in [5.74, 6) is 0.456. The van der Waals surface area contributed by atoms with Crippen LogP contribution in [0.1, 0.15) is 11.1 Å². The van der Waals surface area contributed by atoms with Gasteiger partial charge in [0.15, 0.2) is 18.1 Å². The second-order valence-electron chi connectivity index (χ2n) is 6.80. The van der Waals surface area contributed by atoms with Crippen LogP contribution in [0.25, 0.3) is 6.08 Å². The summed E-state index contributed by atoms with van der Waals surface area (Å²) >= 11 is 0. The zero-order valence-corrected chi connectivity index (χ0v) is 17.4. The summed E-state index contributed by atoms with van der Waals surface area (Å²) in [6.45, 7) is 1.84. The van der Waals surface area contributed by atoms with Crippen LogP contribution >= 0.6 is 0 Å². The predicted octanol–water partition coefficient (Wildman–Crippen LogP) is 4.67. The van der Waals surface area contributed by atoms with Crippen LogP contribution in [0.5, 0.6) is 11.5 Å². The molecule has 0 aliphatic heterocycles. The fourth-order valence-electron chi connectivity index (χ4n) is 2.79. The molecule has 0 radical (unpaired) electrons. The Hall–Kier alpha value is -4.06. The summed E-state index contributed by atoms with van der Waals surface area (Å²) in [5, 5.41) is 5.54. The molecule has 0 spiro atoms. The smallest absolute Gasteiger partial charge is 0.262 e. The molecule has 0 bridgehead atoms. The third-order valence-electron chi connectivity index (χ3n) is 4.35. The number of methoxy groups -OCH3 is 1. The van der Waals surface area contributed by atoms with Crippen LogP contribution in [0.3, 0.4) is 0 Å². The minimum atomic E-state index is -0.325. The van der Waals surface area contributed by atoms with Gasteiger partial charge in [0.1, 0.15) is 0 Å². The van der Waals surface area contributed by atoms with Gasteiger partial charge in [-0.1, -0.05) is 48.0 Å². The zero-order chi connectivity index (χ0) is 22.1. The van der Waals surface area contributed by atoms with Gasteiger partial charge in [-0.2, -0.15) is 0 Å². The molecule has 0 aliphatic rings. The average molecular weight is 416 g/mol. The summed E-state index contributed by atoms with van der Waals surface area (Å²) in [6.07, 6.45) is 3.21. The van der Waals surface area contributed by atoms with E-state index in [0.717, 1.165) is 11.1 Å². The largest absolute Gasteiger partial charge is 0.493 e. The molecule has 0 saturated heterocycles. The molecule has 3 rings (SSSR count). The Kier molecular flexibility index (Phi) is 7.43. The van der Waals surface area contributed by atoms with Crippen molar-refractivity contribution < 1.29 is 19.1 Å². The molecule has 158 valence electrons. The number of rotatable bonds is 8. The van der Waals surface area contributed by atoms with Gasteiger partial charge in [0.2, 0.25) is 5.91 Å². The lowest BCUT2D eigenvalue weighted by molar-refractivity contribution is -0.118. The molecule has 0 aliphatic carbocycles. The van der Waals surface area contributed by atoms with E-state index in [9.17, 15) is 9.59 Å². The van der Waals surface area contributed by atoms with Gasteiger partial charge in [-0.25, -0.2) is 0 Å². The van der Waals surface area contributed by atoms with Crippen molar-refractivity contribution in [3.63, 3.8) is 0 Å². The van der Waals surface area contributed by atoms with Crippen LogP contribution in [0.4, 0.5) is 11.4 Å². The van der Waals surface area contributed by atoms with Crippen molar-refractivity contribution in [2.45, 2.75) is 6.92 Å². The van der Waals surface area contributed by atoms with E-state index in [-0.39, 0.29) is 18.4 Å². The highest BCUT2D eigenvalue weighted by Gasteiger charge is 2.08. The van der Waals surface area contributed by atoms with Crippen LogP contribution in [-0.2, 0) is 9.59 Å². The highest BCUT2D eigenvalue weighted by molar-refractivity contribution is 6.02. The van der Waals surface area contributed by atoms with Gasteiger partial charge in [0.05, 0.1) is 7.11 Å². The molecule has 0 saturated carbocycles. The molecular weight excluding hydrogens is 392 g/mol. The van der Waals surface area contributed by atoms with Gasteiger partial charge in [0.25, 0.3) is 5.91 Å². The van der Waals surface area contributed by atoms with Gasteiger partial charge in [-0.05, 0) is 48.9 Å². The van der Waals surface area contributed by atoms with Gasteiger partial charge in [-0.15, -0.1) is 0 Å². The topological polar surface area (TPSA) is 76.7 Å². The van der Waals surface area contributed by atoms with Crippen LogP contribution in [0.2, 0.25) is 0 Å². The Balaban J connectivity index is 1.53. The molecule has 6 nitrogen and oxygen atoms in total. The Morgan fingerprint density at radius 2 is 1.55 bits per heavy atom. The molecule has 2 amide bonds. The summed E-state index contributed by atoms with van der Waals surface area (Å²) in [5.41, 5.74) is 3.22. The Morgan fingerprint density at radius 3 is 2.26 bits per heavy atom. The minimum absolute atomic E-state index is 0.170. The number of ether oxygens (including phenoxy) is 2. The monoisotopic (exact) mass is 416 g/mol. The molecule has 6 heteroatoms. The number of carbonyl (C=O) groups excluding carboxylic acids is 2. The van der Waals surface area contributed by atoms with Crippen LogP contribution in [-0.4, -0.2) is 25.5 Å². The number of carbonyl (C=O) groups is 2. The standard InChI is InChI=1S/C25H24N2O4/c1-18-10-12-19(13-11-18)14-15-24(28)26-20-6-5-7-21(16-20)27-25(29)17-31-23-9-4-3-8-22(23)30-2/h3-16H,17H2,1-2H3,(H,26,28)(H,27,29)/b15-14+. The first kappa shape index (κ1) is 21.6. The number of hydrogen-bond acceptors (Lipinski definition) is 4. The highest BCUT2D eigenvalue weighted by atomic mass is 16.5. The molecule has 3 aromatic rings. The normalized spacial score (nSPS) is 10.5. The summed E-state index contributed by atoms with van der Waals surface area (Å²) in [7, 11) is 1.54. The van der Waals surface area contributed by atoms with E-state index in [1.807, 2.05) is 37.3 Å². The Labute approximate surface area is 181 Å². The zero-order valence-electron chi connectivity index (χ0n) is 17.4. The van der Waals surface area contributed by atoms with E-state index >= 15 is 0 Å². The van der Waals surface area contributed by atoms with E-state index in [4.69, 9.17) is 9.47 Å². The second kappa shape index (κ2) is 10.6. The third kappa shape index (κ3) is 6.75. The fourth-order valence-corrected chi connectivity index (χ4v) is 2.79. The van der Waals surface area contributed by atoms with Crippen molar-refractivity contribution >= 4 is 29.3 Å². The van der Waals surface area contributed by atoms with E-state index < -0.39 is 0 Å². The maximum atomic E-state index is 12.2. The van der Waals surface area contributed by atoms with E-state index in [2.05, 4.69) is 10.6 Å². The molecule has 31 heavy (non-hydrogen) atoms. The number of anilines is 2. The van der Waals surface area contributed by atoms with Crippen molar-refractivity contribution in [2.24, 2.45) is 0 Å². The first-order chi connectivity index (χ1) is 15.0. The molecule has 3 aromatic carbocycles. The van der Waals surface area contributed by atoms with Crippen molar-refractivity contribution in [3.8, 4) is 11.5 Å². The van der Waals surface area contributed by atoms with Crippen LogP contribution < -0.4 is 20.1 Å².